The minimum absolute atomic E-state index is 0.0726. The number of rotatable bonds is 2. The van der Waals surface area contributed by atoms with Crippen molar-refractivity contribution < 1.29 is 0 Å². The average molecular weight is 266 g/mol. The zero-order chi connectivity index (χ0) is 10.8. The maximum atomic E-state index is 5.78. The zero-order valence-corrected chi connectivity index (χ0v) is 9.98. The Bertz CT molecular complexity index is 445. The minimum atomic E-state index is 0.0726. The predicted molar refractivity (Wildman–Crippen MR) is 63.9 cm³/mol. The molecule has 0 unspecified atom stereocenters. The van der Waals surface area contributed by atoms with Crippen LogP contribution in [0.15, 0.2) is 41.1 Å². The highest BCUT2D eigenvalue weighted by molar-refractivity contribution is 9.10. The molecule has 2 rings (SSSR count). The summed E-state index contributed by atoms with van der Waals surface area (Å²) in [7, 11) is 0. The van der Waals surface area contributed by atoms with Gasteiger partial charge in [0.25, 0.3) is 0 Å². The van der Waals surface area contributed by atoms with Crippen LogP contribution in [-0.4, -0.2) is 9.78 Å². The van der Waals surface area contributed by atoms with Gasteiger partial charge in [-0.1, -0.05) is 12.1 Å². The minimum Gasteiger partial charge on any atom is -0.324 e. The largest absolute Gasteiger partial charge is 0.324 e. The molecule has 1 aromatic carbocycles. The fourth-order valence-corrected chi connectivity index (χ4v) is 1.66. The van der Waals surface area contributed by atoms with Gasteiger partial charge in [0.15, 0.2) is 0 Å². The molecule has 0 aliphatic rings. The summed E-state index contributed by atoms with van der Waals surface area (Å²) >= 11 is 3.36. The molecule has 0 aliphatic carbocycles. The van der Waals surface area contributed by atoms with Gasteiger partial charge in [0.05, 0.1) is 16.4 Å². The molecule has 0 fully saturated rings. The summed E-state index contributed by atoms with van der Waals surface area (Å²) in [5.74, 6) is 0. The van der Waals surface area contributed by atoms with E-state index in [2.05, 4.69) is 21.0 Å². The molecule has 1 aromatic heterocycles. The second kappa shape index (κ2) is 4.16. The molecule has 0 spiro atoms. The first-order valence-electron chi connectivity index (χ1n) is 4.73. The van der Waals surface area contributed by atoms with E-state index in [1.807, 2.05) is 42.1 Å². The molecule has 1 heterocycles. The van der Waals surface area contributed by atoms with Gasteiger partial charge in [-0.25, -0.2) is 4.68 Å². The Morgan fingerprint density at radius 2 is 2.00 bits per heavy atom. The van der Waals surface area contributed by atoms with Gasteiger partial charge in [-0.3, -0.25) is 0 Å². The van der Waals surface area contributed by atoms with Crippen LogP contribution in [0.2, 0.25) is 0 Å². The maximum absolute atomic E-state index is 5.78. The SMILES string of the molecule is C[C@H](N)c1ccc(-n2cc(Br)cn2)cc1. The first-order chi connectivity index (χ1) is 7.16. The van der Waals surface area contributed by atoms with Crippen LogP contribution in [0.3, 0.4) is 0 Å². The average Bonchev–Trinajstić information content (AvgIpc) is 2.65. The molecule has 0 radical (unpaired) electrons. The van der Waals surface area contributed by atoms with E-state index in [1.54, 1.807) is 6.20 Å². The van der Waals surface area contributed by atoms with E-state index in [-0.39, 0.29) is 6.04 Å². The molecule has 0 saturated carbocycles. The van der Waals surface area contributed by atoms with Crippen molar-refractivity contribution in [3.8, 4) is 5.69 Å². The fourth-order valence-electron chi connectivity index (χ4n) is 1.37. The summed E-state index contributed by atoms with van der Waals surface area (Å²) in [5, 5.41) is 4.20. The Balaban J connectivity index is 2.31. The molecule has 78 valence electrons. The normalized spacial score (nSPS) is 12.7. The van der Waals surface area contributed by atoms with E-state index in [0.29, 0.717) is 0 Å². The maximum Gasteiger partial charge on any atom is 0.0646 e. The second-order valence-corrected chi connectivity index (χ2v) is 4.40. The van der Waals surface area contributed by atoms with Gasteiger partial charge < -0.3 is 5.73 Å². The lowest BCUT2D eigenvalue weighted by molar-refractivity contribution is 0.814. The van der Waals surface area contributed by atoms with Crippen LogP contribution in [0.4, 0.5) is 0 Å². The monoisotopic (exact) mass is 265 g/mol. The molecular formula is C11H12BrN3. The van der Waals surface area contributed by atoms with Crippen LogP contribution >= 0.6 is 15.9 Å². The van der Waals surface area contributed by atoms with E-state index in [1.165, 1.54) is 0 Å². The first-order valence-corrected chi connectivity index (χ1v) is 5.52. The van der Waals surface area contributed by atoms with Gasteiger partial charge in [0.2, 0.25) is 0 Å². The third-order valence-electron chi connectivity index (χ3n) is 2.23. The topological polar surface area (TPSA) is 43.8 Å². The predicted octanol–water partition coefficient (Wildman–Crippen LogP) is 2.65. The molecule has 2 N–H and O–H groups in total. The molecule has 0 bridgehead atoms. The highest BCUT2D eigenvalue weighted by Crippen LogP contribution is 2.15. The second-order valence-electron chi connectivity index (χ2n) is 3.48. The van der Waals surface area contributed by atoms with Crippen LogP contribution in [0.25, 0.3) is 5.69 Å². The highest BCUT2D eigenvalue weighted by atomic mass is 79.9. The summed E-state index contributed by atoms with van der Waals surface area (Å²) in [4.78, 5) is 0. The smallest absolute Gasteiger partial charge is 0.0646 e. The van der Waals surface area contributed by atoms with Crippen molar-refractivity contribution in [3.05, 3.63) is 46.7 Å². The van der Waals surface area contributed by atoms with Gasteiger partial charge in [-0.15, -0.1) is 0 Å². The van der Waals surface area contributed by atoms with E-state index < -0.39 is 0 Å². The summed E-state index contributed by atoms with van der Waals surface area (Å²) in [5.41, 5.74) is 7.94. The molecule has 3 nitrogen and oxygen atoms in total. The highest BCUT2D eigenvalue weighted by Gasteiger charge is 2.01. The molecule has 2 aromatic rings. The Morgan fingerprint density at radius 3 is 2.47 bits per heavy atom. The molecular weight excluding hydrogens is 254 g/mol. The van der Waals surface area contributed by atoms with E-state index in [9.17, 15) is 0 Å². The summed E-state index contributed by atoms with van der Waals surface area (Å²) in [6.07, 6.45) is 3.68. The summed E-state index contributed by atoms with van der Waals surface area (Å²) in [6, 6.07) is 8.14. The molecule has 1 atom stereocenters. The third kappa shape index (κ3) is 2.27. The van der Waals surface area contributed by atoms with Crippen molar-refractivity contribution in [1.82, 2.24) is 9.78 Å². The molecule has 0 amide bonds. The number of aromatic nitrogens is 2. The van der Waals surface area contributed by atoms with E-state index in [0.717, 1.165) is 15.7 Å². The standard InChI is InChI=1S/C11H12BrN3/c1-8(13)9-2-4-11(5-3-9)15-7-10(12)6-14-15/h2-8H,13H2,1H3/t8-/m0/s1. The lowest BCUT2D eigenvalue weighted by Crippen LogP contribution is -2.05. The van der Waals surface area contributed by atoms with Gasteiger partial charge in [0.1, 0.15) is 0 Å². The quantitative estimate of drug-likeness (QED) is 0.908. The molecule has 0 aliphatic heterocycles. The van der Waals surface area contributed by atoms with Crippen LogP contribution in [-0.2, 0) is 0 Å². The Kier molecular flexibility index (Phi) is 2.88. The Hall–Kier alpha value is -1.13. The summed E-state index contributed by atoms with van der Waals surface area (Å²) < 4.78 is 2.79. The first kappa shape index (κ1) is 10.4. The van der Waals surface area contributed by atoms with E-state index in [4.69, 9.17) is 5.73 Å². The van der Waals surface area contributed by atoms with Crippen LogP contribution < -0.4 is 5.73 Å². The van der Waals surface area contributed by atoms with Crippen LogP contribution in [0.5, 0.6) is 0 Å². The molecule has 15 heavy (non-hydrogen) atoms. The van der Waals surface area contributed by atoms with Gasteiger partial charge in [-0.05, 0) is 40.5 Å². The number of nitrogens with two attached hydrogens (primary N) is 1. The number of hydrogen-bond acceptors (Lipinski definition) is 2. The third-order valence-corrected chi connectivity index (χ3v) is 2.64. The lowest BCUT2D eigenvalue weighted by atomic mass is 10.1. The van der Waals surface area contributed by atoms with Crippen LogP contribution in [0, 0.1) is 0 Å². The number of hydrogen-bond donors (Lipinski definition) is 1. The molecule has 0 saturated heterocycles. The fraction of sp³-hybridized carbons (Fsp3) is 0.182. The van der Waals surface area contributed by atoms with Crippen molar-refractivity contribution in [2.75, 3.05) is 0 Å². The van der Waals surface area contributed by atoms with Gasteiger partial charge in [0, 0.05) is 12.2 Å². The zero-order valence-electron chi connectivity index (χ0n) is 8.39. The lowest BCUT2D eigenvalue weighted by Gasteiger charge is -2.06. The number of benzene rings is 1. The van der Waals surface area contributed by atoms with Crippen LogP contribution in [0.1, 0.15) is 18.5 Å². The van der Waals surface area contributed by atoms with Crippen molar-refractivity contribution in [2.45, 2.75) is 13.0 Å². The van der Waals surface area contributed by atoms with Crippen molar-refractivity contribution in [1.29, 1.82) is 0 Å². The Morgan fingerprint density at radius 1 is 1.33 bits per heavy atom. The Labute approximate surface area is 97.0 Å². The van der Waals surface area contributed by atoms with Crippen molar-refractivity contribution in [2.24, 2.45) is 5.73 Å². The van der Waals surface area contributed by atoms with Gasteiger partial charge in [-0.2, -0.15) is 5.10 Å². The number of nitrogens with zero attached hydrogens (tertiary/aromatic N) is 2. The van der Waals surface area contributed by atoms with Crippen molar-refractivity contribution in [3.63, 3.8) is 0 Å². The van der Waals surface area contributed by atoms with Gasteiger partial charge >= 0.3 is 0 Å². The summed E-state index contributed by atoms with van der Waals surface area (Å²) in [6.45, 7) is 1.97. The van der Waals surface area contributed by atoms with Crippen molar-refractivity contribution >= 4 is 15.9 Å². The van der Waals surface area contributed by atoms with E-state index >= 15 is 0 Å². The number of halogens is 1. The molecule has 4 heteroatoms.